The SMILES string of the molecule is CNC1C(=O)OC1C. The molecule has 8 heavy (non-hydrogen) atoms. The van der Waals surface area contributed by atoms with Crippen molar-refractivity contribution in [2.75, 3.05) is 7.05 Å². The first-order chi connectivity index (χ1) is 3.75. The topological polar surface area (TPSA) is 38.3 Å². The first-order valence-electron chi connectivity index (χ1n) is 2.63. The standard InChI is InChI=1S/C5H9NO2/c1-3-4(6-2)5(7)8-3/h3-4,6H,1-2H3. The molecule has 1 N–H and O–H groups in total. The van der Waals surface area contributed by atoms with Crippen molar-refractivity contribution in [1.82, 2.24) is 5.32 Å². The molecule has 1 saturated heterocycles. The Morgan fingerprint density at radius 3 is 2.50 bits per heavy atom. The van der Waals surface area contributed by atoms with E-state index in [1.54, 1.807) is 7.05 Å². The lowest BCUT2D eigenvalue weighted by atomic mass is 10.1. The number of carbonyl (C=O) groups excluding carboxylic acids is 1. The molecule has 0 aliphatic carbocycles. The summed E-state index contributed by atoms with van der Waals surface area (Å²) < 4.78 is 4.64. The largest absolute Gasteiger partial charge is 0.459 e. The van der Waals surface area contributed by atoms with Gasteiger partial charge >= 0.3 is 5.97 Å². The number of nitrogens with one attached hydrogen (secondary N) is 1. The number of ether oxygens (including phenoxy) is 1. The average molecular weight is 115 g/mol. The third-order valence-electron chi connectivity index (χ3n) is 1.34. The maximum atomic E-state index is 10.4. The normalized spacial score (nSPS) is 36.0. The van der Waals surface area contributed by atoms with E-state index in [0.29, 0.717) is 0 Å². The summed E-state index contributed by atoms with van der Waals surface area (Å²) in [6.07, 6.45) is 0.0625. The fourth-order valence-corrected chi connectivity index (χ4v) is 0.796. The van der Waals surface area contributed by atoms with Crippen LogP contribution in [0.5, 0.6) is 0 Å². The van der Waals surface area contributed by atoms with Crippen molar-refractivity contribution in [2.24, 2.45) is 0 Å². The summed E-state index contributed by atoms with van der Waals surface area (Å²) in [6, 6.07) is -0.0602. The van der Waals surface area contributed by atoms with Crippen LogP contribution in [0.1, 0.15) is 6.92 Å². The Hall–Kier alpha value is -0.570. The number of likely N-dealkylation sites (N-methyl/N-ethyl adjacent to an activating group) is 1. The summed E-state index contributed by atoms with van der Waals surface area (Å²) in [7, 11) is 1.75. The molecule has 0 aromatic heterocycles. The van der Waals surface area contributed by atoms with Gasteiger partial charge in [0.15, 0.2) is 0 Å². The predicted octanol–water partition coefficient (Wildman–Crippen LogP) is -0.480. The van der Waals surface area contributed by atoms with Gasteiger partial charge in [-0.1, -0.05) is 0 Å². The third kappa shape index (κ3) is 0.591. The third-order valence-corrected chi connectivity index (χ3v) is 1.34. The minimum atomic E-state index is -0.139. The summed E-state index contributed by atoms with van der Waals surface area (Å²) >= 11 is 0. The highest BCUT2D eigenvalue weighted by molar-refractivity contribution is 5.81. The van der Waals surface area contributed by atoms with E-state index < -0.39 is 0 Å². The van der Waals surface area contributed by atoms with Gasteiger partial charge in [0.05, 0.1) is 0 Å². The van der Waals surface area contributed by atoms with Crippen LogP contribution in [0.3, 0.4) is 0 Å². The van der Waals surface area contributed by atoms with Gasteiger partial charge < -0.3 is 10.1 Å². The Morgan fingerprint density at radius 1 is 1.75 bits per heavy atom. The fourth-order valence-electron chi connectivity index (χ4n) is 0.796. The highest BCUT2D eigenvalue weighted by Gasteiger charge is 2.37. The Balaban J connectivity index is 2.40. The molecule has 3 nitrogen and oxygen atoms in total. The average Bonchev–Trinajstić information content (AvgIpc) is 1.67. The minimum Gasteiger partial charge on any atom is -0.459 e. The maximum Gasteiger partial charge on any atom is 0.327 e. The lowest BCUT2D eigenvalue weighted by Crippen LogP contribution is -2.55. The molecule has 0 saturated carbocycles. The number of carbonyl (C=O) groups is 1. The second kappa shape index (κ2) is 1.74. The molecule has 1 aliphatic rings. The van der Waals surface area contributed by atoms with Crippen LogP contribution in [-0.4, -0.2) is 25.2 Å². The molecular weight excluding hydrogens is 106 g/mol. The zero-order valence-electron chi connectivity index (χ0n) is 4.97. The minimum absolute atomic E-state index is 0.0602. The van der Waals surface area contributed by atoms with Crippen LogP contribution in [0.4, 0.5) is 0 Å². The highest BCUT2D eigenvalue weighted by atomic mass is 16.6. The summed E-state index contributed by atoms with van der Waals surface area (Å²) in [5.41, 5.74) is 0. The zero-order valence-corrected chi connectivity index (χ0v) is 4.97. The van der Waals surface area contributed by atoms with Gasteiger partial charge in [-0.2, -0.15) is 0 Å². The zero-order chi connectivity index (χ0) is 6.15. The van der Waals surface area contributed by atoms with E-state index in [-0.39, 0.29) is 18.1 Å². The van der Waals surface area contributed by atoms with Crippen LogP contribution in [0.15, 0.2) is 0 Å². The van der Waals surface area contributed by atoms with Crippen LogP contribution < -0.4 is 5.32 Å². The summed E-state index contributed by atoms with van der Waals surface area (Å²) in [6.45, 7) is 1.86. The summed E-state index contributed by atoms with van der Waals surface area (Å²) in [5.74, 6) is -0.139. The molecule has 1 aliphatic heterocycles. The van der Waals surface area contributed by atoms with Gasteiger partial charge in [-0.3, -0.25) is 4.79 Å². The van der Waals surface area contributed by atoms with Gasteiger partial charge in [0.1, 0.15) is 12.1 Å². The second-order valence-electron chi connectivity index (χ2n) is 1.91. The number of esters is 1. The number of cyclic esters (lactones) is 1. The first-order valence-corrected chi connectivity index (χ1v) is 2.63. The number of rotatable bonds is 1. The number of hydrogen-bond acceptors (Lipinski definition) is 3. The van der Waals surface area contributed by atoms with Crippen molar-refractivity contribution in [3.8, 4) is 0 Å². The smallest absolute Gasteiger partial charge is 0.327 e. The summed E-state index contributed by atoms with van der Waals surface area (Å²) in [4.78, 5) is 10.4. The fraction of sp³-hybridized carbons (Fsp3) is 0.800. The molecule has 0 spiro atoms. The molecule has 1 fully saturated rings. The Morgan fingerprint density at radius 2 is 2.38 bits per heavy atom. The van der Waals surface area contributed by atoms with Gasteiger partial charge in [0, 0.05) is 0 Å². The van der Waals surface area contributed by atoms with Crippen LogP contribution in [0.25, 0.3) is 0 Å². The molecular formula is C5H9NO2. The van der Waals surface area contributed by atoms with E-state index in [2.05, 4.69) is 10.1 Å². The van der Waals surface area contributed by atoms with Crippen molar-refractivity contribution < 1.29 is 9.53 Å². The molecule has 0 amide bonds. The van der Waals surface area contributed by atoms with E-state index >= 15 is 0 Å². The molecule has 0 radical (unpaired) electrons. The molecule has 3 heteroatoms. The molecule has 46 valence electrons. The second-order valence-corrected chi connectivity index (χ2v) is 1.91. The molecule has 0 aromatic carbocycles. The van der Waals surface area contributed by atoms with Gasteiger partial charge in [-0.25, -0.2) is 0 Å². The van der Waals surface area contributed by atoms with Crippen molar-refractivity contribution in [3.05, 3.63) is 0 Å². The van der Waals surface area contributed by atoms with Crippen molar-refractivity contribution in [1.29, 1.82) is 0 Å². The van der Waals surface area contributed by atoms with Crippen molar-refractivity contribution >= 4 is 5.97 Å². The van der Waals surface area contributed by atoms with Crippen molar-refractivity contribution in [3.63, 3.8) is 0 Å². The van der Waals surface area contributed by atoms with E-state index in [1.807, 2.05) is 6.92 Å². The Bertz CT molecular complexity index is 113. The molecule has 2 atom stereocenters. The number of hydrogen-bond donors (Lipinski definition) is 1. The Kier molecular flexibility index (Phi) is 1.21. The maximum absolute atomic E-state index is 10.4. The lowest BCUT2D eigenvalue weighted by molar-refractivity contribution is -0.174. The first kappa shape index (κ1) is 5.56. The van der Waals surface area contributed by atoms with Crippen molar-refractivity contribution in [2.45, 2.75) is 19.1 Å². The molecule has 0 bridgehead atoms. The van der Waals surface area contributed by atoms with Crippen LogP contribution in [0.2, 0.25) is 0 Å². The molecule has 0 aromatic rings. The van der Waals surface area contributed by atoms with Crippen LogP contribution >= 0.6 is 0 Å². The van der Waals surface area contributed by atoms with E-state index in [9.17, 15) is 4.79 Å². The highest BCUT2D eigenvalue weighted by Crippen LogP contribution is 2.11. The predicted molar refractivity (Wildman–Crippen MR) is 28.4 cm³/mol. The van der Waals surface area contributed by atoms with Crippen LogP contribution in [-0.2, 0) is 9.53 Å². The van der Waals surface area contributed by atoms with E-state index in [1.165, 1.54) is 0 Å². The van der Waals surface area contributed by atoms with E-state index in [0.717, 1.165) is 0 Å². The molecule has 2 unspecified atom stereocenters. The quantitative estimate of drug-likeness (QED) is 0.469. The summed E-state index contributed by atoms with van der Waals surface area (Å²) in [5, 5.41) is 2.83. The van der Waals surface area contributed by atoms with Crippen LogP contribution in [0, 0.1) is 0 Å². The Labute approximate surface area is 48.0 Å². The van der Waals surface area contributed by atoms with Gasteiger partial charge in [-0.15, -0.1) is 0 Å². The monoisotopic (exact) mass is 115 g/mol. The molecule has 1 rings (SSSR count). The lowest BCUT2D eigenvalue weighted by Gasteiger charge is -2.31. The van der Waals surface area contributed by atoms with E-state index in [4.69, 9.17) is 0 Å². The molecule has 1 heterocycles. The van der Waals surface area contributed by atoms with Gasteiger partial charge in [0.2, 0.25) is 0 Å². The van der Waals surface area contributed by atoms with Gasteiger partial charge in [0.25, 0.3) is 0 Å². The van der Waals surface area contributed by atoms with Gasteiger partial charge in [-0.05, 0) is 14.0 Å².